The first-order valence-electron chi connectivity index (χ1n) is 13.2. The fraction of sp³-hybridized carbons (Fsp3) is 0.212. The van der Waals surface area contributed by atoms with Gasteiger partial charge in [0.1, 0.15) is 29.9 Å². The Hall–Kier alpha value is -4.36. The van der Waals surface area contributed by atoms with E-state index in [-0.39, 0.29) is 11.3 Å². The molecule has 1 saturated heterocycles. The van der Waals surface area contributed by atoms with Crippen LogP contribution in [0.1, 0.15) is 41.5 Å². The number of aryl methyl sites for hydroxylation is 1. The van der Waals surface area contributed by atoms with Crippen LogP contribution in [0.4, 0.5) is 5.69 Å². The predicted octanol–water partition coefficient (Wildman–Crippen LogP) is 7.30. The number of hydrogen-bond donors (Lipinski definition) is 1. The molecule has 1 aromatic heterocycles. The fourth-order valence-electron chi connectivity index (χ4n) is 4.63. The van der Waals surface area contributed by atoms with E-state index in [1.165, 1.54) is 16.2 Å². The lowest BCUT2D eigenvalue weighted by atomic mass is 9.98. The van der Waals surface area contributed by atoms with Gasteiger partial charge in [-0.15, -0.1) is 11.3 Å². The van der Waals surface area contributed by atoms with Crippen LogP contribution in [0.15, 0.2) is 95.9 Å². The molecule has 0 aliphatic carbocycles. The van der Waals surface area contributed by atoms with E-state index in [4.69, 9.17) is 9.47 Å². The molecule has 40 heavy (non-hydrogen) atoms. The first-order valence-corrected chi connectivity index (χ1v) is 14.1. The second kappa shape index (κ2) is 11.8. The number of rotatable bonds is 9. The smallest absolute Gasteiger partial charge is 0.300 e. The zero-order valence-corrected chi connectivity index (χ0v) is 23.5. The van der Waals surface area contributed by atoms with Gasteiger partial charge in [0.05, 0.1) is 12.2 Å². The normalized spacial score (nSPS) is 16.5. The SMILES string of the molecule is Cc1cc(/C(O)=C2/C(=O)C(=O)N(c3ccc(OCc4ccccc4)cc3)C2c2cccs2)ccc1OCC(C)C. The van der Waals surface area contributed by atoms with Crippen LogP contribution in [0.3, 0.4) is 0 Å². The Balaban J connectivity index is 1.47. The second-order valence-electron chi connectivity index (χ2n) is 10.1. The van der Waals surface area contributed by atoms with Crippen LogP contribution in [-0.2, 0) is 16.2 Å². The standard InChI is InChI=1S/C33H31NO5S/c1-21(2)19-39-27-16-11-24(18-22(27)3)31(35)29-30(28-10-7-17-40-28)34(33(37)32(29)36)25-12-14-26(15-13-25)38-20-23-8-5-4-6-9-23/h4-18,21,30,35H,19-20H2,1-3H3/b31-29-. The van der Waals surface area contributed by atoms with Gasteiger partial charge in [-0.05, 0) is 77.9 Å². The van der Waals surface area contributed by atoms with Gasteiger partial charge >= 0.3 is 0 Å². The number of thiophene rings is 1. The third-order valence-electron chi connectivity index (χ3n) is 6.64. The first-order chi connectivity index (χ1) is 19.3. The molecule has 4 aromatic rings. The van der Waals surface area contributed by atoms with Crippen LogP contribution in [-0.4, -0.2) is 23.4 Å². The van der Waals surface area contributed by atoms with Crippen LogP contribution in [0.5, 0.6) is 11.5 Å². The van der Waals surface area contributed by atoms with Crippen molar-refractivity contribution >= 4 is 34.5 Å². The minimum atomic E-state index is -0.756. The van der Waals surface area contributed by atoms with E-state index in [1.54, 1.807) is 42.5 Å². The topological polar surface area (TPSA) is 76.1 Å². The Bertz CT molecular complexity index is 1530. The molecule has 0 bridgehead atoms. The molecule has 1 aliphatic rings. The molecule has 3 aromatic carbocycles. The van der Waals surface area contributed by atoms with Crippen molar-refractivity contribution in [2.45, 2.75) is 33.4 Å². The van der Waals surface area contributed by atoms with E-state index in [0.29, 0.717) is 36.1 Å². The van der Waals surface area contributed by atoms with Gasteiger partial charge in [0.15, 0.2) is 0 Å². The number of Topliss-reactive ketones (excluding diaryl/α,β-unsaturated/α-hetero) is 1. The molecule has 2 heterocycles. The lowest BCUT2D eigenvalue weighted by molar-refractivity contribution is -0.132. The van der Waals surface area contributed by atoms with Crippen molar-refractivity contribution in [3.63, 3.8) is 0 Å². The number of carbonyl (C=O) groups is 2. The third-order valence-corrected chi connectivity index (χ3v) is 7.57. The van der Waals surface area contributed by atoms with E-state index in [0.717, 1.165) is 21.8 Å². The van der Waals surface area contributed by atoms with E-state index in [1.807, 2.05) is 54.8 Å². The quantitative estimate of drug-likeness (QED) is 0.134. The number of carbonyl (C=O) groups excluding carboxylic acids is 2. The van der Waals surface area contributed by atoms with Crippen molar-refractivity contribution < 1.29 is 24.2 Å². The zero-order valence-electron chi connectivity index (χ0n) is 22.7. The summed E-state index contributed by atoms with van der Waals surface area (Å²) in [5.41, 5.74) is 2.94. The molecular formula is C33H31NO5S. The number of nitrogens with zero attached hydrogens (tertiary/aromatic N) is 1. The van der Waals surface area contributed by atoms with Crippen LogP contribution in [0.2, 0.25) is 0 Å². The highest BCUT2D eigenvalue weighted by atomic mass is 32.1. The summed E-state index contributed by atoms with van der Waals surface area (Å²) in [5, 5.41) is 13.3. The lowest BCUT2D eigenvalue weighted by Crippen LogP contribution is -2.29. The molecule has 0 saturated carbocycles. The number of amides is 1. The number of ketones is 1. The van der Waals surface area contributed by atoms with Crippen molar-refractivity contribution in [3.05, 3.63) is 117 Å². The van der Waals surface area contributed by atoms with Crippen molar-refractivity contribution in [1.29, 1.82) is 0 Å². The Labute approximate surface area is 238 Å². The molecular weight excluding hydrogens is 522 g/mol. The molecule has 1 amide bonds. The average molecular weight is 554 g/mol. The maximum atomic E-state index is 13.4. The van der Waals surface area contributed by atoms with E-state index in [9.17, 15) is 14.7 Å². The summed E-state index contributed by atoms with van der Waals surface area (Å²) in [7, 11) is 0. The minimum absolute atomic E-state index is 0.0621. The molecule has 1 N–H and O–H groups in total. The number of hydrogen-bond acceptors (Lipinski definition) is 6. The molecule has 5 rings (SSSR count). The summed E-state index contributed by atoms with van der Waals surface area (Å²) in [6, 6.07) is 25.2. The molecule has 0 radical (unpaired) electrons. The summed E-state index contributed by atoms with van der Waals surface area (Å²) in [5.74, 6) is 0.117. The fourth-order valence-corrected chi connectivity index (χ4v) is 5.45. The highest BCUT2D eigenvalue weighted by Crippen LogP contribution is 2.44. The largest absolute Gasteiger partial charge is 0.507 e. The number of benzene rings is 3. The minimum Gasteiger partial charge on any atom is -0.507 e. The number of aliphatic hydroxyl groups is 1. The third kappa shape index (κ3) is 5.65. The van der Waals surface area contributed by atoms with Gasteiger partial charge in [-0.3, -0.25) is 14.5 Å². The number of aliphatic hydroxyl groups excluding tert-OH is 1. The van der Waals surface area contributed by atoms with Gasteiger partial charge in [-0.25, -0.2) is 0 Å². The Kier molecular flexibility index (Phi) is 8.03. The molecule has 0 spiro atoms. The predicted molar refractivity (Wildman–Crippen MR) is 158 cm³/mol. The first kappa shape index (κ1) is 27.2. The molecule has 1 aliphatic heterocycles. The van der Waals surface area contributed by atoms with Crippen LogP contribution in [0.25, 0.3) is 5.76 Å². The Morgan fingerprint density at radius 3 is 2.35 bits per heavy atom. The molecule has 1 atom stereocenters. The highest BCUT2D eigenvalue weighted by Gasteiger charge is 2.47. The number of anilines is 1. The van der Waals surface area contributed by atoms with E-state index < -0.39 is 17.7 Å². The monoisotopic (exact) mass is 553 g/mol. The van der Waals surface area contributed by atoms with Gasteiger partial charge in [0.25, 0.3) is 11.7 Å². The van der Waals surface area contributed by atoms with Crippen LogP contribution >= 0.6 is 11.3 Å². The van der Waals surface area contributed by atoms with Gasteiger partial charge in [0, 0.05) is 16.1 Å². The second-order valence-corrected chi connectivity index (χ2v) is 11.1. The van der Waals surface area contributed by atoms with E-state index in [2.05, 4.69) is 13.8 Å². The van der Waals surface area contributed by atoms with Crippen molar-refractivity contribution in [2.75, 3.05) is 11.5 Å². The Morgan fingerprint density at radius 2 is 1.70 bits per heavy atom. The van der Waals surface area contributed by atoms with Gasteiger partial charge < -0.3 is 14.6 Å². The van der Waals surface area contributed by atoms with Gasteiger partial charge in [-0.2, -0.15) is 0 Å². The molecule has 1 unspecified atom stereocenters. The summed E-state index contributed by atoms with van der Waals surface area (Å²) >= 11 is 1.43. The molecule has 1 fully saturated rings. The summed E-state index contributed by atoms with van der Waals surface area (Å²) in [6.45, 7) is 7.03. The summed E-state index contributed by atoms with van der Waals surface area (Å²) < 4.78 is 11.8. The summed E-state index contributed by atoms with van der Waals surface area (Å²) in [4.78, 5) is 29.0. The number of ether oxygens (including phenoxy) is 2. The van der Waals surface area contributed by atoms with Crippen LogP contribution in [0, 0.1) is 12.8 Å². The lowest BCUT2D eigenvalue weighted by Gasteiger charge is -2.24. The summed E-state index contributed by atoms with van der Waals surface area (Å²) in [6.07, 6.45) is 0. The van der Waals surface area contributed by atoms with E-state index >= 15 is 0 Å². The molecule has 6 nitrogen and oxygen atoms in total. The molecule has 7 heteroatoms. The maximum Gasteiger partial charge on any atom is 0.300 e. The van der Waals surface area contributed by atoms with Crippen LogP contribution < -0.4 is 14.4 Å². The van der Waals surface area contributed by atoms with Crippen molar-refractivity contribution in [2.24, 2.45) is 5.92 Å². The molecule has 204 valence electrons. The van der Waals surface area contributed by atoms with Gasteiger partial charge in [0.2, 0.25) is 0 Å². The average Bonchev–Trinajstić information content (AvgIpc) is 3.58. The maximum absolute atomic E-state index is 13.4. The zero-order chi connectivity index (χ0) is 28.2. The Morgan fingerprint density at radius 1 is 0.950 bits per heavy atom. The van der Waals surface area contributed by atoms with Crippen molar-refractivity contribution in [3.8, 4) is 11.5 Å². The van der Waals surface area contributed by atoms with Gasteiger partial charge in [-0.1, -0.05) is 50.2 Å². The highest BCUT2D eigenvalue weighted by molar-refractivity contribution is 7.10. The van der Waals surface area contributed by atoms with Crippen molar-refractivity contribution in [1.82, 2.24) is 0 Å².